The van der Waals surface area contributed by atoms with E-state index in [1.165, 1.54) is 11.3 Å². The van der Waals surface area contributed by atoms with Gasteiger partial charge in [-0.1, -0.05) is 47.7 Å². The van der Waals surface area contributed by atoms with Gasteiger partial charge in [0.1, 0.15) is 23.2 Å². The van der Waals surface area contributed by atoms with Crippen LogP contribution >= 0.6 is 11.3 Å². The second-order valence-corrected chi connectivity index (χ2v) is 8.15. The number of benzene rings is 3. The summed E-state index contributed by atoms with van der Waals surface area (Å²) in [6, 6.07) is 20.1. The Balaban J connectivity index is 1.29. The highest BCUT2D eigenvalue weighted by molar-refractivity contribution is 7.22. The lowest BCUT2D eigenvalue weighted by atomic mass is 9.88. The number of para-hydroxylation sites is 2. The zero-order valence-corrected chi connectivity index (χ0v) is 17.8. The summed E-state index contributed by atoms with van der Waals surface area (Å²) in [5.74, 6) is 0.268. The van der Waals surface area contributed by atoms with Crippen molar-refractivity contribution < 1.29 is 23.8 Å². The Kier molecular flexibility index (Phi) is 5.20. The lowest BCUT2D eigenvalue weighted by molar-refractivity contribution is -0.148. The highest BCUT2D eigenvalue weighted by atomic mass is 32.1. The third-order valence-electron chi connectivity index (χ3n) is 5.10. The zero-order valence-electron chi connectivity index (χ0n) is 17.0. The number of ether oxygens (including phenoxy) is 3. The van der Waals surface area contributed by atoms with Gasteiger partial charge in [0.2, 0.25) is 0 Å². The summed E-state index contributed by atoms with van der Waals surface area (Å²) < 4.78 is 17.4. The highest BCUT2D eigenvalue weighted by Crippen LogP contribution is 2.44. The van der Waals surface area contributed by atoms with Gasteiger partial charge in [0.05, 0.1) is 17.3 Å². The molecule has 7 nitrogen and oxygen atoms in total. The monoisotopic (exact) mass is 446 g/mol. The molecular formula is C24H18N2O5S. The molecule has 1 aliphatic heterocycles. The van der Waals surface area contributed by atoms with Crippen LogP contribution in [0.5, 0.6) is 17.2 Å². The van der Waals surface area contributed by atoms with Gasteiger partial charge in [-0.2, -0.15) is 0 Å². The first-order valence-corrected chi connectivity index (χ1v) is 10.7. The first-order valence-electron chi connectivity index (χ1n) is 9.89. The van der Waals surface area contributed by atoms with E-state index in [-0.39, 0.29) is 0 Å². The van der Waals surface area contributed by atoms with Crippen LogP contribution in [-0.4, -0.2) is 30.6 Å². The van der Waals surface area contributed by atoms with E-state index in [4.69, 9.17) is 14.2 Å². The van der Waals surface area contributed by atoms with E-state index in [1.54, 1.807) is 25.3 Å². The molecule has 0 fully saturated rings. The van der Waals surface area contributed by atoms with Crippen LogP contribution in [0.2, 0.25) is 0 Å². The average Bonchev–Trinajstić information content (AvgIpc) is 3.22. The Bertz CT molecular complexity index is 1290. The van der Waals surface area contributed by atoms with Crippen LogP contribution in [0.4, 0.5) is 5.13 Å². The predicted molar refractivity (Wildman–Crippen MR) is 121 cm³/mol. The lowest BCUT2D eigenvalue weighted by Gasteiger charge is -2.26. The molecule has 5 rings (SSSR count). The molecule has 1 aliphatic rings. The molecule has 0 bridgehead atoms. The van der Waals surface area contributed by atoms with Crippen LogP contribution in [0.3, 0.4) is 0 Å². The quantitative estimate of drug-likeness (QED) is 0.446. The molecule has 2 heterocycles. The molecule has 0 saturated carbocycles. The topological polar surface area (TPSA) is 86.8 Å². The summed E-state index contributed by atoms with van der Waals surface area (Å²) in [5, 5.41) is 3.12. The number of nitrogens with zero attached hydrogens (tertiary/aromatic N) is 1. The maximum absolute atomic E-state index is 13.0. The van der Waals surface area contributed by atoms with E-state index in [9.17, 15) is 9.59 Å². The van der Waals surface area contributed by atoms with Crippen LogP contribution in [0.1, 0.15) is 17.0 Å². The summed E-state index contributed by atoms with van der Waals surface area (Å²) in [7, 11) is 1.59. The minimum atomic E-state index is -0.668. The van der Waals surface area contributed by atoms with E-state index in [0.29, 0.717) is 33.5 Å². The average molecular weight is 446 g/mol. The highest BCUT2D eigenvalue weighted by Gasteiger charge is 2.33. The zero-order chi connectivity index (χ0) is 22.1. The first-order chi connectivity index (χ1) is 15.6. The van der Waals surface area contributed by atoms with Crippen LogP contribution < -0.4 is 14.8 Å². The summed E-state index contributed by atoms with van der Waals surface area (Å²) in [6.07, 6.45) is 0. The second-order valence-electron chi connectivity index (χ2n) is 7.12. The maximum atomic E-state index is 13.0. The van der Waals surface area contributed by atoms with Crippen LogP contribution in [0.25, 0.3) is 10.2 Å². The maximum Gasteiger partial charge on any atom is 0.318 e. The Morgan fingerprint density at radius 2 is 1.72 bits per heavy atom. The molecule has 0 atom stereocenters. The second kappa shape index (κ2) is 8.32. The molecule has 0 aliphatic carbocycles. The van der Waals surface area contributed by atoms with Gasteiger partial charge in [-0.25, -0.2) is 4.98 Å². The number of anilines is 1. The fraction of sp³-hybridized carbons (Fsp3) is 0.125. The molecule has 0 spiro atoms. The van der Waals surface area contributed by atoms with Gasteiger partial charge >= 0.3 is 5.97 Å². The Morgan fingerprint density at radius 1 is 1.03 bits per heavy atom. The van der Waals surface area contributed by atoms with Crippen LogP contribution in [-0.2, 0) is 14.3 Å². The fourth-order valence-electron chi connectivity index (χ4n) is 3.62. The fourth-order valence-corrected chi connectivity index (χ4v) is 4.54. The smallest absolute Gasteiger partial charge is 0.318 e. The van der Waals surface area contributed by atoms with Gasteiger partial charge in [-0.3, -0.25) is 14.9 Å². The number of aromatic nitrogens is 1. The number of methoxy groups -OCH3 is 1. The minimum absolute atomic E-state index is 0.417. The SMILES string of the molecule is COc1ccc2nc(NC(=O)COC(=O)C3c4ccccc4Oc4ccccc43)sc2c1. The lowest BCUT2D eigenvalue weighted by Crippen LogP contribution is -2.26. The third kappa shape index (κ3) is 3.76. The standard InChI is InChI=1S/C24H18N2O5S/c1-29-14-10-11-17-20(12-14)32-24(25-17)26-21(27)13-30-23(28)22-15-6-2-4-8-18(15)31-19-9-5-3-7-16(19)22/h2-12,22H,13H2,1H3,(H,25,26,27). The molecular weight excluding hydrogens is 428 g/mol. The molecule has 0 radical (unpaired) electrons. The number of esters is 1. The van der Waals surface area contributed by atoms with Crippen molar-refractivity contribution in [2.24, 2.45) is 0 Å². The first kappa shape index (κ1) is 20.0. The number of nitrogens with one attached hydrogen (secondary N) is 1. The van der Waals surface area contributed by atoms with Crippen LogP contribution in [0.15, 0.2) is 66.7 Å². The molecule has 32 heavy (non-hydrogen) atoms. The van der Waals surface area contributed by atoms with Gasteiger partial charge in [0.25, 0.3) is 5.91 Å². The van der Waals surface area contributed by atoms with Gasteiger partial charge in [0, 0.05) is 11.1 Å². The molecule has 0 saturated heterocycles. The number of amides is 1. The summed E-state index contributed by atoms with van der Waals surface area (Å²) in [4.78, 5) is 29.8. The molecule has 1 N–H and O–H groups in total. The van der Waals surface area contributed by atoms with Crippen molar-refractivity contribution in [2.75, 3.05) is 19.0 Å². The number of carbonyl (C=O) groups is 2. The van der Waals surface area contributed by atoms with E-state index in [1.807, 2.05) is 48.5 Å². The van der Waals surface area contributed by atoms with Gasteiger partial charge in [-0.15, -0.1) is 0 Å². The summed E-state index contributed by atoms with van der Waals surface area (Å²) in [5.41, 5.74) is 2.16. The Hall–Kier alpha value is -3.91. The largest absolute Gasteiger partial charge is 0.497 e. The molecule has 3 aromatic carbocycles. The molecule has 1 aromatic heterocycles. The summed E-state index contributed by atoms with van der Waals surface area (Å²) in [6.45, 7) is -0.417. The Labute approximate surface area is 187 Å². The van der Waals surface area contributed by atoms with Crippen molar-refractivity contribution in [2.45, 2.75) is 5.92 Å². The molecule has 0 unspecified atom stereocenters. The Morgan fingerprint density at radius 3 is 2.41 bits per heavy atom. The number of hydrogen-bond donors (Lipinski definition) is 1. The molecule has 8 heteroatoms. The molecule has 1 amide bonds. The van der Waals surface area contributed by atoms with Gasteiger partial charge in [-0.05, 0) is 30.3 Å². The van der Waals surface area contributed by atoms with Crippen LogP contribution in [0, 0.1) is 0 Å². The number of carbonyl (C=O) groups excluding carboxylic acids is 2. The summed E-state index contributed by atoms with van der Waals surface area (Å²) >= 11 is 1.32. The minimum Gasteiger partial charge on any atom is -0.497 e. The number of thiazole rings is 1. The molecule has 160 valence electrons. The van der Waals surface area contributed by atoms with Gasteiger partial charge < -0.3 is 14.2 Å². The van der Waals surface area contributed by atoms with Crippen molar-refractivity contribution in [3.05, 3.63) is 77.9 Å². The van der Waals surface area contributed by atoms with Crippen molar-refractivity contribution >= 4 is 38.6 Å². The third-order valence-corrected chi connectivity index (χ3v) is 6.04. The van der Waals surface area contributed by atoms with E-state index >= 15 is 0 Å². The van der Waals surface area contributed by atoms with Crippen molar-refractivity contribution in [1.82, 2.24) is 4.98 Å². The van der Waals surface area contributed by atoms with Crippen molar-refractivity contribution in [3.8, 4) is 17.2 Å². The molecule has 4 aromatic rings. The van der Waals surface area contributed by atoms with Crippen molar-refractivity contribution in [3.63, 3.8) is 0 Å². The van der Waals surface area contributed by atoms with E-state index < -0.39 is 24.4 Å². The van der Waals surface area contributed by atoms with Gasteiger partial charge in [0.15, 0.2) is 11.7 Å². The van der Waals surface area contributed by atoms with E-state index in [0.717, 1.165) is 10.2 Å². The number of fused-ring (bicyclic) bond motifs is 3. The normalized spacial score (nSPS) is 12.4. The predicted octanol–water partition coefficient (Wildman–Crippen LogP) is 4.72. The number of rotatable bonds is 5. The van der Waals surface area contributed by atoms with E-state index in [2.05, 4.69) is 10.3 Å². The van der Waals surface area contributed by atoms with Crippen molar-refractivity contribution in [1.29, 1.82) is 0 Å². The number of hydrogen-bond acceptors (Lipinski definition) is 7.